The minimum atomic E-state index is -1.39. The van der Waals surface area contributed by atoms with Crippen molar-refractivity contribution in [2.75, 3.05) is 6.54 Å². The quantitative estimate of drug-likeness (QED) is 0.358. The van der Waals surface area contributed by atoms with Crippen molar-refractivity contribution in [2.24, 2.45) is 0 Å². The summed E-state index contributed by atoms with van der Waals surface area (Å²) in [4.78, 5) is 40.7. The fraction of sp³-hybridized carbons (Fsp3) is 0.129. The van der Waals surface area contributed by atoms with Crippen molar-refractivity contribution in [1.82, 2.24) is 15.5 Å². The fourth-order valence-corrected chi connectivity index (χ4v) is 4.76. The summed E-state index contributed by atoms with van der Waals surface area (Å²) in [5.74, 6) is -0.898. The second-order valence-corrected chi connectivity index (χ2v) is 9.08. The lowest BCUT2D eigenvalue weighted by Crippen LogP contribution is -2.46. The Labute approximate surface area is 215 Å². The number of urea groups is 1. The van der Waals surface area contributed by atoms with Gasteiger partial charge in [-0.15, -0.1) is 0 Å². The summed E-state index contributed by atoms with van der Waals surface area (Å²) in [6.07, 6.45) is 0. The summed E-state index contributed by atoms with van der Waals surface area (Å²) in [6, 6.07) is 35.3. The van der Waals surface area contributed by atoms with Crippen LogP contribution >= 0.6 is 0 Å². The molecule has 0 saturated carbocycles. The number of carbonyl (C=O) groups excluding carboxylic acids is 3. The molecule has 1 saturated heterocycles. The molecule has 2 N–H and O–H groups in total. The monoisotopic (exact) mass is 489 g/mol. The van der Waals surface area contributed by atoms with E-state index in [-0.39, 0.29) is 12.6 Å². The van der Waals surface area contributed by atoms with Crippen LogP contribution in [0.5, 0.6) is 0 Å². The number of benzene rings is 4. The zero-order valence-electron chi connectivity index (χ0n) is 20.4. The Balaban J connectivity index is 1.32. The molecule has 1 fully saturated rings. The molecule has 4 aromatic carbocycles. The topological polar surface area (TPSA) is 78.5 Å². The van der Waals surface area contributed by atoms with E-state index in [1.165, 1.54) is 0 Å². The average Bonchev–Trinajstić information content (AvgIpc) is 3.20. The van der Waals surface area contributed by atoms with Gasteiger partial charge in [0.15, 0.2) is 5.54 Å². The van der Waals surface area contributed by atoms with Gasteiger partial charge in [0.05, 0.1) is 6.04 Å². The van der Waals surface area contributed by atoms with Crippen LogP contribution in [0.15, 0.2) is 115 Å². The number of imide groups is 1. The van der Waals surface area contributed by atoms with Crippen molar-refractivity contribution >= 4 is 17.8 Å². The van der Waals surface area contributed by atoms with Crippen LogP contribution in [-0.4, -0.2) is 29.3 Å². The van der Waals surface area contributed by atoms with Crippen LogP contribution in [0.1, 0.15) is 29.7 Å². The second kappa shape index (κ2) is 10.1. The van der Waals surface area contributed by atoms with Gasteiger partial charge >= 0.3 is 6.03 Å². The SMILES string of the molecule is CC(NC(=O)CN1C(=O)NC(c2ccccc2)(c2ccccc2)C1=O)c1ccc(-c2ccccc2)cc1. The van der Waals surface area contributed by atoms with Crippen molar-refractivity contribution in [3.63, 3.8) is 0 Å². The van der Waals surface area contributed by atoms with E-state index in [0.29, 0.717) is 11.1 Å². The molecule has 1 unspecified atom stereocenters. The minimum Gasteiger partial charge on any atom is -0.348 e. The number of carbonyl (C=O) groups is 3. The van der Waals surface area contributed by atoms with E-state index < -0.39 is 23.4 Å². The van der Waals surface area contributed by atoms with Crippen LogP contribution in [0.3, 0.4) is 0 Å². The summed E-state index contributed by atoms with van der Waals surface area (Å²) in [5, 5.41) is 5.79. The molecule has 1 aliphatic heterocycles. The van der Waals surface area contributed by atoms with Crippen molar-refractivity contribution < 1.29 is 14.4 Å². The molecule has 37 heavy (non-hydrogen) atoms. The Morgan fingerprint density at radius 1 is 0.757 bits per heavy atom. The van der Waals surface area contributed by atoms with Gasteiger partial charge in [0.2, 0.25) is 5.91 Å². The van der Waals surface area contributed by atoms with Gasteiger partial charge in [0.25, 0.3) is 5.91 Å². The van der Waals surface area contributed by atoms with Gasteiger partial charge in [-0.3, -0.25) is 14.5 Å². The van der Waals surface area contributed by atoms with Gasteiger partial charge in [0.1, 0.15) is 6.54 Å². The number of nitrogens with one attached hydrogen (secondary N) is 2. The molecule has 4 amide bonds. The Bertz CT molecular complexity index is 1370. The predicted molar refractivity (Wildman–Crippen MR) is 142 cm³/mol. The van der Waals surface area contributed by atoms with E-state index in [1.807, 2.05) is 97.9 Å². The van der Waals surface area contributed by atoms with Gasteiger partial charge in [-0.05, 0) is 34.7 Å². The van der Waals surface area contributed by atoms with Gasteiger partial charge in [-0.25, -0.2) is 4.79 Å². The Kier molecular flexibility index (Phi) is 6.56. The molecule has 1 atom stereocenters. The predicted octanol–water partition coefficient (Wildman–Crippen LogP) is 5.03. The first-order chi connectivity index (χ1) is 18.0. The molecule has 6 heteroatoms. The van der Waals surface area contributed by atoms with E-state index >= 15 is 0 Å². The summed E-state index contributed by atoms with van der Waals surface area (Å²) >= 11 is 0. The maximum absolute atomic E-state index is 13.8. The maximum Gasteiger partial charge on any atom is 0.326 e. The highest BCUT2D eigenvalue weighted by Gasteiger charge is 2.54. The van der Waals surface area contributed by atoms with Crippen LogP contribution < -0.4 is 10.6 Å². The third-order valence-electron chi connectivity index (χ3n) is 6.72. The normalized spacial score (nSPS) is 15.2. The highest BCUT2D eigenvalue weighted by Crippen LogP contribution is 2.36. The molecule has 0 aromatic heterocycles. The van der Waals surface area contributed by atoms with E-state index in [9.17, 15) is 14.4 Å². The van der Waals surface area contributed by atoms with E-state index in [0.717, 1.165) is 21.6 Å². The molecule has 0 bridgehead atoms. The van der Waals surface area contributed by atoms with E-state index in [4.69, 9.17) is 0 Å². The number of rotatable bonds is 7. The number of hydrogen-bond donors (Lipinski definition) is 2. The van der Waals surface area contributed by atoms with Crippen molar-refractivity contribution in [2.45, 2.75) is 18.5 Å². The van der Waals surface area contributed by atoms with Gasteiger partial charge in [-0.2, -0.15) is 0 Å². The Morgan fingerprint density at radius 3 is 1.78 bits per heavy atom. The summed E-state index contributed by atoms with van der Waals surface area (Å²) in [6.45, 7) is 1.50. The smallest absolute Gasteiger partial charge is 0.326 e. The van der Waals surface area contributed by atoms with Crippen molar-refractivity contribution in [1.29, 1.82) is 0 Å². The molecule has 184 valence electrons. The lowest BCUT2D eigenvalue weighted by atomic mass is 9.82. The third-order valence-corrected chi connectivity index (χ3v) is 6.72. The summed E-state index contributed by atoms with van der Waals surface area (Å²) in [7, 11) is 0. The highest BCUT2D eigenvalue weighted by atomic mass is 16.2. The van der Waals surface area contributed by atoms with Crippen molar-refractivity contribution in [3.8, 4) is 11.1 Å². The third kappa shape index (κ3) is 4.61. The van der Waals surface area contributed by atoms with Crippen LogP contribution in [0, 0.1) is 0 Å². The summed E-state index contributed by atoms with van der Waals surface area (Å²) in [5.41, 5.74) is 3.00. The molecule has 6 nitrogen and oxygen atoms in total. The van der Waals surface area contributed by atoms with Crippen LogP contribution in [0.2, 0.25) is 0 Å². The average molecular weight is 490 g/mol. The van der Waals surface area contributed by atoms with E-state index in [2.05, 4.69) is 10.6 Å². The molecule has 1 heterocycles. The maximum atomic E-state index is 13.8. The van der Waals surface area contributed by atoms with Gasteiger partial charge < -0.3 is 10.6 Å². The van der Waals surface area contributed by atoms with E-state index in [1.54, 1.807) is 24.3 Å². The molecule has 0 aliphatic carbocycles. The first-order valence-electron chi connectivity index (χ1n) is 12.2. The lowest BCUT2D eigenvalue weighted by Gasteiger charge is -2.28. The standard InChI is InChI=1S/C31H27N3O3/c1-22(23-17-19-25(20-18-23)24-11-5-2-6-12-24)32-28(35)21-34-29(36)31(33-30(34)37,26-13-7-3-8-14-26)27-15-9-4-10-16-27/h2-20,22H,21H2,1H3,(H,32,35)(H,33,37). The molecular weight excluding hydrogens is 462 g/mol. The Hall–Kier alpha value is -4.71. The Morgan fingerprint density at radius 2 is 1.24 bits per heavy atom. The second-order valence-electron chi connectivity index (χ2n) is 9.08. The lowest BCUT2D eigenvalue weighted by molar-refractivity contribution is -0.134. The van der Waals surface area contributed by atoms with Gasteiger partial charge in [-0.1, -0.05) is 115 Å². The number of amides is 4. The zero-order valence-corrected chi connectivity index (χ0v) is 20.4. The first-order valence-corrected chi connectivity index (χ1v) is 12.2. The largest absolute Gasteiger partial charge is 0.348 e. The molecule has 0 spiro atoms. The highest BCUT2D eigenvalue weighted by molar-refractivity contribution is 6.11. The molecule has 4 aromatic rings. The zero-order chi connectivity index (χ0) is 25.8. The molecule has 1 aliphatic rings. The van der Waals surface area contributed by atoms with Crippen LogP contribution in [0.4, 0.5) is 4.79 Å². The van der Waals surface area contributed by atoms with Crippen LogP contribution in [-0.2, 0) is 15.1 Å². The van der Waals surface area contributed by atoms with Crippen LogP contribution in [0.25, 0.3) is 11.1 Å². The first kappa shape index (κ1) is 24.0. The molecule has 0 radical (unpaired) electrons. The molecule has 5 rings (SSSR count). The molecular formula is C31H27N3O3. The minimum absolute atomic E-state index is 0.300. The summed E-state index contributed by atoms with van der Waals surface area (Å²) < 4.78 is 0. The fourth-order valence-electron chi connectivity index (χ4n) is 4.76. The number of hydrogen-bond acceptors (Lipinski definition) is 3. The van der Waals surface area contributed by atoms with Crippen molar-refractivity contribution in [3.05, 3.63) is 132 Å². The number of nitrogens with zero attached hydrogens (tertiary/aromatic N) is 1. The van der Waals surface area contributed by atoms with Gasteiger partial charge in [0, 0.05) is 0 Å².